The molecule has 27 heavy (non-hydrogen) atoms. The lowest BCUT2D eigenvalue weighted by molar-refractivity contribution is 0.307. The van der Waals surface area contributed by atoms with Crippen molar-refractivity contribution in [3.63, 3.8) is 0 Å². The second kappa shape index (κ2) is 7.65. The van der Waals surface area contributed by atoms with E-state index in [1.165, 1.54) is 6.07 Å². The molecule has 0 spiro atoms. The summed E-state index contributed by atoms with van der Waals surface area (Å²) in [7, 11) is 0. The zero-order valence-corrected chi connectivity index (χ0v) is 14.7. The molecular weight excluding hydrogens is 364 g/mol. The normalized spacial score (nSPS) is 10.0. The van der Waals surface area contributed by atoms with Gasteiger partial charge < -0.3 is 15.5 Å². The minimum atomic E-state index is -0.682. The molecule has 0 bridgehead atoms. The van der Waals surface area contributed by atoms with Crippen LogP contribution >= 0.6 is 11.6 Å². The highest BCUT2D eigenvalue weighted by Crippen LogP contribution is 2.37. The molecule has 0 amide bonds. The summed E-state index contributed by atoms with van der Waals surface area (Å²) in [6.45, 7) is 0.262. The fourth-order valence-electron chi connectivity index (χ4n) is 2.67. The fraction of sp³-hybridized carbons (Fsp3) is 0.0500. The molecular formula is C20H13ClN4O2. The Balaban J connectivity index is 2.18. The first-order valence-corrected chi connectivity index (χ1v) is 8.25. The van der Waals surface area contributed by atoms with Gasteiger partial charge in [0, 0.05) is 16.1 Å². The summed E-state index contributed by atoms with van der Waals surface area (Å²) in [4.78, 5) is 14.5. The van der Waals surface area contributed by atoms with E-state index in [2.05, 4.69) is 4.98 Å². The molecule has 0 saturated heterocycles. The van der Waals surface area contributed by atoms with Crippen LogP contribution in [0.3, 0.4) is 0 Å². The Morgan fingerprint density at radius 3 is 2.44 bits per heavy atom. The summed E-state index contributed by atoms with van der Waals surface area (Å²) in [5.74, 6) is 0.256. The average Bonchev–Trinajstić information content (AvgIpc) is 2.67. The molecule has 3 N–H and O–H groups in total. The van der Waals surface area contributed by atoms with Gasteiger partial charge in [0.05, 0.1) is 0 Å². The van der Waals surface area contributed by atoms with E-state index < -0.39 is 5.56 Å². The first kappa shape index (κ1) is 18.1. The molecule has 1 heterocycles. The number of pyridine rings is 1. The summed E-state index contributed by atoms with van der Waals surface area (Å²) in [5, 5.41) is 19.3. The zero-order valence-electron chi connectivity index (χ0n) is 14.0. The lowest BCUT2D eigenvalue weighted by atomic mass is 9.96. The molecule has 3 rings (SSSR count). The van der Waals surface area contributed by atoms with E-state index in [-0.39, 0.29) is 29.1 Å². The van der Waals surface area contributed by atoms with Crippen LogP contribution in [0.15, 0.2) is 53.3 Å². The summed E-state index contributed by atoms with van der Waals surface area (Å²) < 4.78 is 5.88. The molecule has 0 unspecified atom stereocenters. The minimum absolute atomic E-state index is 0.0158. The molecule has 7 heteroatoms. The predicted octanol–water partition coefficient (Wildman–Crippen LogP) is 3.60. The van der Waals surface area contributed by atoms with Gasteiger partial charge in [0.2, 0.25) is 0 Å². The topological polar surface area (TPSA) is 116 Å². The van der Waals surface area contributed by atoms with Crippen LogP contribution in [-0.4, -0.2) is 4.98 Å². The molecule has 0 aliphatic heterocycles. The lowest BCUT2D eigenvalue weighted by Crippen LogP contribution is -2.16. The van der Waals surface area contributed by atoms with Crippen LogP contribution in [0.2, 0.25) is 5.02 Å². The van der Waals surface area contributed by atoms with Gasteiger partial charge in [0.25, 0.3) is 5.56 Å². The number of halogens is 1. The van der Waals surface area contributed by atoms with Crippen molar-refractivity contribution in [2.75, 3.05) is 5.73 Å². The molecule has 0 fully saturated rings. The molecule has 6 nitrogen and oxygen atoms in total. The number of aromatic amines is 1. The van der Waals surface area contributed by atoms with E-state index in [9.17, 15) is 15.3 Å². The Hall–Kier alpha value is -3.74. The zero-order chi connectivity index (χ0) is 19.4. The second-order valence-electron chi connectivity index (χ2n) is 5.63. The Morgan fingerprint density at radius 2 is 1.78 bits per heavy atom. The van der Waals surface area contributed by atoms with Gasteiger partial charge in [0.15, 0.2) is 0 Å². The summed E-state index contributed by atoms with van der Waals surface area (Å²) in [5.41, 5.74) is 6.25. The van der Waals surface area contributed by atoms with E-state index in [0.29, 0.717) is 16.3 Å². The highest BCUT2D eigenvalue weighted by Gasteiger charge is 2.21. The van der Waals surface area contributed by atoms with Crippen LogP contribution in [-0.2, 0) is 6.61 Å². The van der Waals surface area contributed by atoms with Gasteiger partial charge in [0.1, 0.15) is 41.4 Å². The van der Waals surface area contributed by atoms with E-state index in [0.717, 1.165) is 5.56 Å². The van der Waals surface area contributed by atoms with Gasteiger partial charge in [-0.05, 0) is 23.8 Å². The first-order valence-electron chi connectivity index (χ1n) is 7.87. The van der Waals surface area contributed by atoms with Gasteiger partial charge in [-0.25, -0.2) is 0 Å². The van der Waals surface area contributed by atoms with Gasteiger partial charge in [-0.3, -0.25) is 4.79 Å². The van der Waals surface area contributed by atoms with Crippen LogP contribution in [0, 0.1) is 22.7 Å². The van der Waals surface area contributed by atoms with Crippen molar-refractivity contribution in [2.45, 2.75) is 6.61 Å². The number of nitrogens with two attached hydrogens (primary N) is 1. The second-order valence-corrected chi connectivity index (χ2v) is 6.07. The van der Waals surface area contributed by atoms with Crippen LogP contribution in [0.4, 0.5) is 5.82 Å². The molecule has 0 atom stereocenters. The van der Waals surface area contributed by atoms with Crippen molar-refractivity contribution in [1.29, 1.82) is 10.5 Å². The molecule has 1 aromatic heterocycles. The SMILES string of the molecule is N#Cc1c(N)[nH]c(=O)c(C#N)c1-c1cc(Cl)ccc1OCc1ccccc1. The maximum absolute atomic E-state index is 12.2. The van der Waals surface area contributed by atoms with Crippen molar-refractivity contribution >= 4 is 17.4 Å². The van der Waals surface area contributed by atoms with Crippen molar-refractivity contribution in [3.05, 3.63) is 80.6 Å². The Morgan fingerprint density at radius 1 is 1.07 bits per heavy atom. The van der Waals surface area contributed by atoms with E-state index in [1.54, 1.807) is 12.1 Å². The van der Waals surface area contributed by atoms with Crippen molar-refractivity contribution in [3.8, 4) is 29.0 Å². The number of ether oxygens (including phenoxy) is 1. The molecule has 2 aromatic carbocycles. The van der Waals surface area contributed by atoms with Gasteiger partial charge in [-0.1, -0.05) is 41.9 Å². The number of aromatic nitrogens is 1. The number of nitrogens with one attached hydrogen (secondary N) is 1. The minimum Gasteiger partial charge on any atom is -0.488 e. The number of rotatable bonds is 4. The molecule has 0 aliphatic rings. The van der Waals surface area contributed by atoms with Gasteiger partial charge >= 0.3 is 0 Å². The Bertz CT molecular complexity index is 1140. The van der Waals surface area contributed by atoms with Crippen LogP contribution in [0.25, 0.3) is 11.1 Å². The highest BCUT2D eigenvalue weighted by atomic mass is 35.5. The molecule has 0 saturated carbocycles. The third-order valence-electron chi connectivity index (χ3n) is 3.92. The molecule has 0 aliphatic carbocycles. The number of H-pyrrole nitrogens is 1. The number of hydrogen-bond acceptors (Lipinski definition) is 5. The monoisotopic (exact) mass is 376 g/mol. The summed E-state index contributed by atoms with van der Waals surface area (Å²) in [6, 6.07) is 18.1. The number of benzene rings is 2. The number of nitrogen functional groups attached to an aromatic ring is 1. The van der Waals surface area contributed by atoms with Gasteiger partial charge in [-0.15, -0.1) is 0 Å². The molecule has 132 valence electrons. The van der Waals surface area contributed by atoms with Crippen LogP contribution < -0.4 is 16.0 Å². The van der Waals surface area contributed by atoms with Gasteiger partial charge in [-0.2, -0.15) is 10.5 Å². The van der Waals surface area contributed by atoms with E-state index in [1.807, 2.05) is 42.5 Å². The quantitative estimate of drug-likeness (QED) is 0.721. The first-order chi connectivity index (χ1) is 13.0. The molecule has 0 radical (unpaired) electrons. The smallest absolute Gasteiger partial charge is 0.268 e. The summed E-state index contributed by atoms with van der Waals surface area (Å²) >= 11 is 6.12. The van der Waals surface area contributed by atoms with Crippen molar-refractivity contribution in [1.82, 2.24) is 4.98 Å². The third-order valence-corrected chi connectivity index (χ3v) is 4.15. The largest absolute Gasteiger partial charge is 0.488 e. The predicted molar refractivity (Wildman–Crippen MR) is 102 cm³/mol. The maximum Gasteiger partial charge on any atom is 0.268 e. The lowest BCUT2D eigenvalue weighted by Gasteiger charge is -2.15. The number of nitrogens with zero attached hydrogens (tertiary/aromatic N) is 2. The highest BCUT2D eigenvalue weighted by molar-refractivity contribution is 6.31. The van der Waals surface area contributed by atoms with Crippen molar-refractivity contribution in [2.24, 2.45) is 0 Å². The van der Waals surface area contributed by atoms with E-state index >= 15 is 0 Å². The van der Waals surface area contributed by atoms with Crippen LogP contribution in [0.5, 0.6) is 5.75 Å². The Kier molecular flexibility index (Phi) is 5.12. The molecule has 3 aromatic rings. The average molecular weight is 377 g/mol. The summed E-state index contributed by atoms with van der Waals surface area (Å²) in [6.07, 6.45) is 0. The van der Waals surface area contributed by atoms with E-state index in [4.69, 9.17) is 22.1 Å². The number of hydrogen-bond donors (Lipinski definition) is 2. The van der Waals surface area contributed by atoms with Crippen molar-refractivity contribution < 1.29 is 4.74 Å². The number of anilines is 1. The standard InChI is InChI=1S/C20H13ClN4O2/c21-13-6-7-17(27-11-12-4-2-1-3-5-12)14(8-13)18-15(9-22)19(24)25-20(26)16(18)10-23/h1-8H,11H2,(H3,24,25,26). The third kappa shape index (κ3) is 3.62. The fourth-order valence-corrected chi connectivity index (χ4v) is 2.84. The maximum atomic E-state index is 12.2. The number of nitriles is 2. The Labute approximate surface area is 160 Å². The van der Waals surface area contributed by atoms with Crippen LogP contribution in [0.1, 0.15) is 16.7 Å².